The first kappa shape index (κ1) is 21.7. The largest absolute Gasteiger partial charge is 0.366 e. The monoisotopic (exact) mass is 457 g/mol. The Bertz CT molecular complexity index is 745. The highest BCUT2D eigenvalue weighted by atomic mass is 79.9. The molecule has 0 radical (unpaired) electrons. The second-order valence-corrected chi connectivity index (χ2v) is 8.42. The molecule has 0 aliphatic carbocycles. The number of thioether (sulfide) groups is 1. The normalized spacial score (nSPS) is 25.8. The molecule has 1 fully saturated rings. The van der Waals surface area contributed by atoms with Crippen molar-refractivity contribution in [1.82, 2.24) is 4.90 Å². The van der Waals surface area contributed by atoms with Crippen LogP contribution >= 0.6 is 40.3 Å². The zero-order chi connectivity index (χ0) is 17.4. The molecule has 0 saturated carbocycles. The van der Waals surface area contributed by atoms with Crippen molar-refractivity contribution in [2.24, 2.45) is 10.1 Å². The SMILES string of the molecule is Br.CCN=C1SC(C)C(O)(c2ccc(Cl)c(S(N)(=O)=O)c2)N1CC. The molecule has 1 aromatic carbocycles. The molecule has 6 nitrogen and oxygen atoms in total. The molecular weight excluding hydrogens is 438 g/mol. The fourth-order valence-corrected chi connectivity index (χ4v) is 5.06. The van der Waals surface area contributed by atoms with Gasteiger partial charge in [-0.25, -0.2) is 13.6 Å². The highest BCUT2D eigenvalue weighted by Crippen LogP contribution is 2.45. The van der Waals surface area contributed by atoms with Crippen LogP contribution in [0.25, 0.3) is 0 Å². The van der Waals surface area contributed by atoms with Crippen LogP contribution in [0.4, 0.5) is 0 Å². The maximum atomic E-state index is 11.7. The number of nitrogens with zero attached hydrogens (tertiary/aromatic N) is 2. The molecule has 1 aliphatic heterocycles. The van der Waals surface area contributed by atoms with Gasteiger partial charge in [0.15, 0.2) is 10.9 Å². The topological polar surface area (TPSA) is 96.0 Å². The van der Waals surface area contributed by atoms with Gasteiger partial charge in [0, 0.05) is 18.7 Å². The molecule has 3 N–H and O–H groups in total. The molecule has 1 saturated heterocycles. The first-order valence-corrected chi connectivity index (χ1v) is 10.0. The quantitative estimate of drug-likeness (QED) is 0.723. The summed E-state index contributed by atoms with van der Waals surface area (Å²) in [7, 11) is -3.98. The Balaban J connectivity index is 0.00000288. The molecule has 1 heterocycles. The second kappa shape index (κ2) is 7.92. The molecule has 24 heavy (non-hydrogen) atoms. The maximum Gasteiger partial charge on any atom is 0.239 e. The van der Waals surface area contributed by atoms with Gasteiger partial charge in [-0.05, 0) is 32.9 Å². The zero-order valence-corrected chi connectivity index (χ0v) is 17.7. The lowest BCUT2D eigenvalue weighted by atomic mass is 9.98. The van der Waals surface area contributed by atoms with Gasteiger partial charge in [0.25, 0.3) is 0 Å². The Labute approximate surface area is 162 Å². The van der Waals surface area contributed by atoms with Gasteiger partial charge in [-0.1, -0.05) is 29.4 Å². The molecule has 2 unspecified atom stereocenters. The molecule has 1 aromatic rings. The van der Waals surface area contributed by atoms with Gasteiger partial charge < -0.3 is 10.0 Å². The third-order valence-corrected chi connectivity index (χ3v) is 6.40. The van der Waals surface area contributed by atoms with E-state index >= 15 is 0 Å². The van der Waals surface area contributed by atoms with E-state index in [9.17, 15) is 13.5 Å². The van der Waals surface area contributed by atoms with Crippen molar-refractivity contribution in [1.29, 1.82) is 0 Å². The van der Waals surface area contributed by atoms with Crippen molar-refractivity contribution < 1.29 is 13.5 Å². The second-order valence-electron chi connectivity index (χ2n) is 5.18. The van der Waals surface area contributed by atoms with Crippen LogP contribution < -0.4 is 5.14 Å². The van der Waals surface area contributed by atoms with Gasteiger partial charge in [0.05, 0.1) is 10.3 Å². The number of nitrogens with two attached hydrogens (primary N) is 1. The predicted molar refractivity (Wildman–Crippen MR) is 104 cm³/mol. The Kier molecular flexibility index (Phi) is 7.17. The van der Waals surface area contributed by atoms with Crippen LogP contribution in [0.5, 0.6) is 0 Å². The number of hydrogen-bond acceptors (Lipinski definition) is 5. The molecule has 1 aliphatic rings. The molecule has 0 spiro atoms. The number of aliphatic hydroxyl groups is 1. The first-order valence-electron chi connectivity index (χ1n) is 7.20. The van der Waals surface area contributed by atoms with E-state index in [1.165, 1.54) is 23.9 Å². The number of amidine groups is 1. The minimum atomic E-state index is -3.98. The Morgan fingerprint density at radius 2 is 2.08 bits per heavy atom. The van der Waals surface area contributed by atoms with Crippen LogP contribution in [0.1, 0.15) is 26.3 Å². The van der Waals surface area contributed by atoms with E-state index in [0.29, 0.717) is 18.7 Å². The van der Waals surface area contributed by atoms with E-state index in [-0.39, 0.29) is 32.1 Å². The fraction of sp³-hybridized carbons (Fsp3) is 0.500. The number of rotatable bonds is 4. The van der Waals surface area contributed by atoms with Crippen molar-refractivity contribution in [3.8, 4) is 0 Å². The first-order chi connectivity index (χ1) is 10.7. The summed E-state index contributed by atoms with van der Waals surface area (Å²) in [6, 6.07) is 4.40. The van der Waals surface area contributed by atoms with E-state index in [2.05, 4.69) is 4.99 Å². The maximum absolute atomic E-state index is 11.7. The lowest BCUT2D eigenvalue weighted by Gasteiger charge is -2.36. The Morgan fingerprint density at radius 1 is 1.46 bits per heavy atom. The minimum Gasteiger partial charge on any atom is -0.366 e. The molecule has 2 atom stereocenters. The van der Waals surface area contributed by atoms with Gasteiger partial charge in [-0.15, -0.1) is 17.0 Å². The summed E-state index contributed by atoms with van der Waals surface area (Å²) < 4.78 is 23.4. The summed E-state index contributed by atoms with van der Waals surface area (Å²) in [6.45, 7) is 6.83. The van der Waals surface area contributed by atoms with Crippen molar-refractivity contribution in [2.45, 2.75) is 36.6 Å². The Hall–Kier alpha value is -0.320. The smallest absolute Gasteiger partial charge is 0.239 e. The van der Waals surface area contributed by atoms with Crippen LogP contribution in [0.15, 0.2) is 28.1 Å². The van der Waals surface area contributed by atoms with E-state index < -0.39 is 15.7 Å². The molecule has 0 bridgehead atoms. The van der Waals surface area contributed by atoms with Gasteiger partial charge >= 0.3 is 0 Å². The summed E-state index contributed by atoms with van der Waals surface area (Å²) >= 11 is 7.39. The lowest BCUT2D eigenvalue weighted by Crippen LogP contribution is -2.47. The number of benzene rings is 1. The highest BCUT2D eigenvalue weighted by Gasteiger charge is 2.50. The van der Waals surface area contributed by atoms with Gasteiger partial charge in [0.1, 0.15) is 4.90 Å². The average molecular weight is 459 g/mol. The number of primary sulfonamides is 1. The summed E-state index contributed by atoms with van der Waals surface area (Å²) in [5.74, 6) is 0. The van der Waals surface area contributed by atoms with E-state index in [4.69, 9.17) is 16.7 Å². The van der Waals surface area contributed by atoms with E-state index in [1.54, 1.807) is 11.0 Å². The van der Waals surface area contributed by atoms with Gasteiger partial charge in [-0.2, -0.15) is 0 Å². The summed E-state index contributed by atoms with van der Waals surface area (Å²) in [4.78, 5) is 5.98. The summed E-state index contributed by atoms with van der Waals surface area (Å²) in [6.07, 6.45) is 0. The fourth-order valence-electron chi connectivity index (χ4n) is 2.64. The van der Waals surface area contributed by atoms with Gasteiger partial charge in [0.2, 0.25) is 10.0 Å². The van der Waals surface area contributed by atoms with Crippen LogP contribution in [0, 0.1) is 0 Å². The van der Waals surface area contributed by atoms with Crippen molar-refractivity contribution in [2.75, 3.05) is 13.1 Å². The summed E-state index contributed by atoms with van der Waals surface area (Å²) in [5, 5.41) is 17.1. The highest BCUT2D eigenvalue weighted by molar-refractivity contribution is 8.93. The molecule has 136 valence electrons. The molecule has 10 heteroatoms. The van der Waals surface area contributed by atoms with Gasteiger partial charge in [-0.3, -0.25) is 4.99 Å². The molecule has 2 rings (SSSR count). The summed E-state index contributed by atoms with van der Waals surface area (Å²) in [5.41, 5.74) is -0.952. The minimum absolute atomic E-state index is 0. The third kappa shape index (κ3) is 3.76. The molecule has 0 amide bonds. The van der Waals surface area contributed by atoms with Crippen LogP contribution in [-0.2, 0) is 15.7 Å². The standard InChI is InChI=1S/C14H20ClN3O3S2.BrH/c1-4-17-13-18(5-2)14(19,9(3)22-13)10-6-7-11(15)12(8-10)23(16,20)21;/h6-9,19H,4-5H2,1-3H3,(H2,16,20,21);1H. The number of halogens is 2. The number of hydrogen-bond donors (Lipinski definition) is 2. The number of aliphatic imine (C=N–C) groups is 1. The van der Waals surface area contributed by atoms with Crippen molar-refractivity contribution >= 4 is 55.5 Å². The Morgan fingerprint density at radius 3 is 2.58 bits per heavy atom. The van der Waals surface area contributed by atoms with Crippen molar-refractivity contribution in [3.63, 3.8) is 0 Å². The van der Waals surface area contributed by atoms with Crippen LogP contribution in [-0.4, -0.2) is 41.9 Å². The average Bonchev–Trinajstić information content (AvgIpc) is 2.70. The van der Waals surface area contributed by atoms with E-state index in [0.717, 1.165) is 5.17 Å². The zero-order valence-electron chi connectivity index (χ0n) is 13.6. The number of sulfonamides is 1. The van der Waals surface area contributed by atoms with E-state index in [1.807, 2.05) is 20.8 Å². The predicted octanol–water partition coefficient (Wildman–Crippen LogP) is 2.54. The van der Waals surface area contributed by atoms with Crippen LogP contribution in [0.3, 0.4) is 0 Å². The third-order valence-electron chi connectivity index (χ3n) is 3.76. The molecular formula is C14H21BrClN3O3S2. The lowest BCUT2D eigenvalue weighted by molar-refractivity contribution is -0.0651. The molecule has 0 aromatic heterocycles. The van der Waals surface area contributed by atoms with Crippen molar-refractivity contribution in [3.05, 3.63) is 28.8 Å². The van der Waals surface area contributed by atoms with Crippen LogP contribution in [0.2, 0.25) is 5.02 Å².